The van der Waals surface area contributed by atoms with Crippen LogP contribution in [-0.2, 0) is 12.1 Å². The fourth-order valence-electron chi connectivity index (χ4n) is 3.58. The third-order valence-corrected chi connectivity index (χ3v) is 5.88. The zero-order chi connectivity index (χ0) is 21.1. The SMILES string of the molecule is Cc1cc(OC(F)(F)F)cc2c1C(C)([C@H](O)C(F)(F)F)N2Cc1ccc(Cl)s1. The maximum atomic E-state index is 13.3. The smallest absolute Gasteiger partial charge is 0.406 e. The van der Waals surface area contributed by atoms with Crippen molar-refractivity contribution in [1.29, 1.82) is 0 Å². The lowest BCUT2D eigenvalue weighted by Gasteiger charge is -2.56. The molecule has 28 heavy (non-hydrogen) atoms. The van der Waals surface area contributed by atoms with Crippen LogP contribution in [0.4, 0.5) is 32.0 Å². The van der Waals surface area contributed by atoms with Crippen LogP contribution in [0.2, 0.25) is 4.34 Å². The van der Waals surface area contributed by atoms with Crippen molar-refractivity contribution >= 4 is 28.6 Å². The van der Waals surface area contributed by atoms with E-state index in [0.717, 1.165) is 23.5 Å². The van der Waals surface area contributed by atoms with Gasteiger partial charge in [0, 0.05) is 22.2 Å². The molecule has 1 N–H and O–H groups in total. The molecule has 0 spiro atoms. The third kappa shape index (κ3) is 3.65. The van der Waals surface area contributed by atoms with Crippen molar-refractivity contribution in [2.75, 3.05) is 4.90 Å². The van der Waals surface area contributed by atoms with Crippen LogP contribution in [0.1, 0.15) is 22.9 Å². The fraction of sp³-hybridized carbons (Fsp3) is 0.412. The van der Waals surface area contributed by atoms with Crippen molar-refractivity contribution in [1.82, 2.24) is 0 Å². The molecule has 1 aromatic heterocycles. The molecular weight excluding hydrogens is 432 g/mol. The van der Waals surface area contributed by atoms with Gasteiger partial charge in [0.05, 0.1) is 10.9 Å². The molecule has 2 atom stereocenters. The number of aryl methyl sites for hydroxylation is 1. The van der Waals surface area contributed by atoms with E-state index in [9.17, 15) is 31.4 Å². The Kier molecular flexibility index (Phi) is 5.04. The van der Waals surface area contributed by atoms with E-state index in [-0.39, 0.29) is 23.4 Å². The molecule has 0 radical (unpaired) electrons. The average Bonchev–Trinajstić information content (AvgIpc) is 2.93. The second kappa shape index (κ2) is 6.70. The van der Waals surface area contributed by atoms with Crippen LogP contribution in [0.3, 0.4) is 0 Å². The Morgan fingerprint density at radius 1 is 1.21 bits per heavy atom. The molecule has 3 rings (SSSR count). The number of aliphatic hydroxyl groups is 1. The highest BCUT2D eigenvalue weighted by atomic mass is 35.5. The summed E-state index contributed by atoms with van der Waals surface area (Å²) >= 11 is 6.99. The molecule has 0 bridgehead atoms. The predicted molar refractivity (Wildman–Crippen MR) is 92.8 cm³/mol. The van der Waals surface area contributed by atoms with Gasteiger partial charge in [0.15, 0.2) is 6.10 Å². The molecule has 154 valence electrons. The maximum absolute atomic E-state index is 13.3. The molecule has 2 aromatic rings. The minimum Gasteiger partial charge on any atom is -0.406 e. The summed E-state index contributed by atoms with van der Waals surface area (Å²) in [6, 6.07) is 5.20. The lowest BCUT2D eigenvalue weighted by atomic mass is 9.73. The first-order valence-electron chi connectivity index (χ1n) is 7.91. The summed E-state index contributed by atoms with van der Waals surface area (Å²) in [4.78, 5) is 1.81. The summed E-state index contributed by atoms with van der Waals surface area (Å²) in [6.45, 7) is 2.52. The van der Waals surface area contributed by atoms with E-state index in [2.05, 4.69) is 4.74 Å². The lowest BCUT2D eigenvalue weighted by molar-refractivity contribution is -0.274. The molecule has 0 fully saturated rings. The number of hydrogen-bond donors (Lipinski definition) is 1. The molecular formula is C17H14ClF6NO2S. The second-order valence-corrected chi connectivity index (χ2v) is 8.37. The van der Waals surface area contributed by atoms with Gasteiger partial charge in [-0.25, -0.2) is 0 Å². The molecule has 0 saturated carbocycles. The van der Waals surface area contributed by atoms with Crippen LogP contribution >= 0.6 is 22.9 Å². The number of aliphatic hydroxyl groups excluding tert-OH is 1. The zero-order valence-corrected chi connectivity index (χ0v) is 16.0. The van der Waals surface area contributed by atoms with Gasteiger partial charge in [0.25, 0.3) is 0 Å². The third-order valence-electron chi connectivity index (χ3n) is 4.66. The number of alkyl halides is 6. The van der Waals surface area contributed by atoms with Gasteiger partial charge in [-0.1, -0.05) is 11.6 Å². The van der Waals surface area contributed by atoms with Crippen molar-refractivity contribution in [3.8, 4) is 5.75 Å². The van der Waals surface area contributed by atoms with Crippen molar-refractivity contribution < 1.29 is 36.2 Å². The maximum Gasteiger partial charge on any atom is 0.573 e. The standard InChI is InChI=1S/C17H14ClF6NO2S/c1-8-5-9(27-17(22,23)24)6-11-13(8)15(2,14(26)16(19,20)21)25(11)7-10-3-4-12(18)28-10/h3-6,14,26H,7H2,1-2H3/t14-,15?/m0/s1. The van der Waals surface area contributed by atoms with E-state index >= 15 is 0 Å². The van der Waals surface area contributed by atoms with E-state index in [1.54, 1.807) is 12.1 Å². The number of halogens is 7. The monoisotopic (exact) mass is 445 g/mol. The number of fused-ring (bicyclic) bond motifs is 1. The van der Waals surface area contributed by atoms with Gasteiger partial charge in [0.2, 0.25) is 0 Å². The highest BCUT2D eigenvalue weighted by Gasteiger charge is 2.60. The molecule has 1 aliphatic heterocycles. The largest absolute Gasteiger partial charge is 0.573 e. The van der Waals surface area contributed by atoms with Crippen molar-refractivity contribution in [3.63, 3.8) is 0 Å². The number of thiophene rings is 1. The Labute approximate surface area is 165 Å². The normalized spacial score (nSPS) is 20.6. The topological polar surface area (TPSA) is 32.7 Å². The number of benzene rings is 1. The summed E-state index contributed by atoms with van der Waals surface area (Å²) in [6.07, 6.45) is -12.6. The van der Waals surface area contributed by atoms with E-state index in [4.69, 9.17) is 11.6 Å². The molecule has 0 saturated heterocycles. The Morgan fingerprint density at radius 2 is 1.86 bits per heavy atom. The molecule has 1 unspecified atom stereocenters. The fourth-order valence-corrected chi connectivity index (χ4v) is 4.65. The van der Waals surface area contributed by atoms with Crippen LogP contribution in [0, 0.1) is 6.92 Å². The minimum absolute atomic E-state index is 0.0665. The molecule has 0 aliphatic carbocycles. The van der Waals surface area contributed by atoms with E-state index in [0.29, 0.717) is 9.21 Å². The summed E-state index contributed by atoms with van der Waals surface area (Å²) in [5, 5.41) is 10.0. The van der Waals surface area contributed by atoms with E-state index in [1.807, 2.05) is 0 Å². The number of hydrogen-bond acceptors (Lipinski definition) is 4. The minimum atomic E-state index is -4.94. The van der Waals surface area contributed by atoms with Crippen molar-refractivity contribution in [2.24, 2.45) is 0 Å². The van der Waals surface area contributed by atoms with Gasteiger partial charge in [-0.3, -0.25) is 0 Å². The quantitative estimate of drug-likeness (QED) is 0.607. The van der Waals surface area contributed by atoms with Gasteiger partial charge < -0.3 is 14.7 Å². The highest BCUT2D eigenvalue weighted by molar-refractivity contribution is 7.16. The highest BCUT2D eigenvalue weighted by Crippen LogP contribution is 2.56. The number of anilines is 1. The summed E-state index contributed by atoms with van der Waals surface area (Å²) < 4.78 is 82.1. The second-order valence-electron chi connectivity index (χ2n) is 6.57. The predicted octanol–water partition coefficient (Wildman–Crippen LogP) is 5.77. The van der Waals surface area contributed by atoms with Crippen molar-refractivity contribution in [3.05, 3.63) is 44.6 Å². The lowest BCUT2D eigenvalue weighted by Crippen LogP contribution is -2.63. The molecule has 3 nitrogen and oxygen atoms in total. The van der Waals surface area contributed by atoms with Crippen LogP contribution < -0.4 is 9.64 Å². The van der Waals surface area contributed by atoms with Crippen LogP contribution in [-0.4, -0.2) is 23.7 Å². The molecule has 0 amide bonds. The van der Waals surface area contributed by atoms with E-state index in [1.165, 1.54) is 18.7 Å². The Morgan fingerprint density at radius 3 is 2.36 bits per heavy atom. The molecule has 1 aromatic carbocycles. The van der Waals surface area contributed by atoms with Crippen LogP contribution in [0.25, 0.3) is 0 Å². The van der Waals surface area contributed by atoms with E-state index < -0.39 is 29.9 Å². The summed E-state index contributed by atoms with van der Waals surface area (Å²) in [7, 11) is 0. The summed E-state index contributed by atoms with van der Waals surface area (Å²) in [5.41, 5.74) is -1.46. The van der Waals surface area contributed by atoms with Gasteiger partial charge in [0.1, 0.15) is 11.3 Å². The van der Waals surface area contributed by atoms with Gasteiger partial charge in [-0.05, 0) is 37.6 Å². The first-order chi connectivity index (χ1) is 12.7. The Bertz CT molecular complexity index is 897. The first-order valence-corrected chi connectivity index (χ1v) is 9.10. The molecule has 11 heteroatoms. The van der Waals surface area contributed by atoms with Crippen molar-refractivity contribution in [2.45, 2.75) is 44.6 Å². The summed E-state index contributed by atoms with van der Waals surface area (Å²) in [5.74, 6) is -0.540. The zero-order valence-electron chi connectivity index (χ0n) is 14.5. The van der Waals surface area contributed by atoms with Gasteiger partial charge in [-0.2, -0.15) is 13.2 Å². The Balaban J connectivity index is 2.09. The number of rotatable bonds is 4. The van der Waals surface area contributed by atoms with Gasteiger partial charge in [-0.15, -0.1) is 24.5 Å². The first kappa shape index (κ1) is 21.1. The average molecular weight is 446 g/mol. The van der Waals surface area contributed by atoms with Gasteiger partial charge >= 0.3 is 12.5 Å². The number of nitrogens with zero attached hydrogens (tertiary/aromatic N) is 1. The molecule has 2 heterocycles. The Hall–Kier alpha value is -1.65. The number of ether oxygens (including phenoxy) is 1. The molecule has 1 aliphatic rings. The van der Waals surface area contributed by atoms with Crippen LogP contribution in [0.5, 0.6) is 5.75 Å². The van der Waals surface area contributed by atoms with Crippen LogP contribution in [0.15, 0.2) is 24.3 Å².